The molecule has 0 aliphatic heterocycles. The van der Waals surface area contributed by atoms with E-state index in [0.717, 1.165) is 28.2 Å². The van der Waals surface area contributed by atoms with Crippen molar-refractivity contribution in [1.29, 1.82) is 0 Å². The van der Waals surface area contributed by atoms with Gasteiger partial charge in [0.1, 0.15) is 11.2 Å². The SMILES string of the molecule is CC1(C)c2ccccc2-c2ccc(N(c3ccc4c(c3)c3cc(-c5ccc6c(c5)c5cccc7oc8cccc6c8c75)ccc3n4-c3ccccc3)c3cccc4c3-c3ccccc3C4(C)C)cc21. The Balaban J connectivity index is 0.979. The van der Waals surface area contributed by atoms with Gasteiger partial charge in [-0.05, 0) is 150 Å². The molecular weight excluding hydrogens is 837 g/mol. The number of anilines is 3. The third kappa shape index (κ3) is 5.17. The van der Waals surface area contributed by atoms with Crippen molar-refractivity contribution in [3.8, 4) is 39.1 Å². The minimum absolute atomic E-state index is 0.143. The van der Waals surface area contributed by atoms with Crippen LogP contribution in [0.1, 0.15) is 49.9 Å². The summed E-state index contributed by atoms with van der Waals surface area (Å²) in [4.78, 5) is 2.54. The summed E-state index contributed by atoms with van der Waals surface area (Å²) < 4.78 is 8.83. The molecule has 326 valence electrons. The first-order chi connectivity index (χ1) is 33.7. The van der Waals surface area contributed by atoms with Crippen LogP contribution in [-0.4, -0.2) is 4.57 Å². The molecule has 69 heavy (non-hydrogen) atoms. The van der Waals surface area contributed by atoms with Crippen LogP contribution < -0.4 is 4.90 Å². The van der Waals surface area contributed by atoms with Gasteiger partial charge in [-0.25, -0.2) is 0 Å². The van der Waals surface area contributed by atoms with Crippen LogP contribution in [0.5, 0.6) is 0 Å². The van der Waals surface area contributed by atoms with Gasteiger partial charge in [0.05, 0.1) is 16.7 Å². The highest BCUT2D eigenvalue weighted by Gasteiger charge is 2.39. The summed E-state index contributed by atoms with van der Waals surface area (Å²) >= 11 is 0. The third-order valence-corrected chi connectivity index (χ3v) is 16.1. The summed E-state index contributed by atoms with van der Waals surface area (Å²) in [6.45, 7) is 9.51. The van der Waals surface area contributed by atoms with Crippen molar-refractivity contribution in [2.24, 2.45) is 0 Å². The first-order valence-electron chi connectivity index (χ1n) is 24.2. The normalized spacial score (nSPS) is 14.3. The van der Waals surface area contributed by atoms with E-state index in [1.807, 2.05) is 0 Å². The molecule has 3 nitrogen and oxygen atoms in total. The number of rotatable bonds is 5. The summed E-state index contributed by atoms with van der Waals surface area (Å²) in [5.74, 6) is 0. The Morgan fingerprint density at radius 2 is 0.928 bits per heavy atom. The van der Waals surface area contributed by atoms with Gasteiger partial charge in [0.25, 0.3) is 0 Å². The standard InChI is InChI=1S/C66H46N2O/c1-65(2)54-22-11-9-18-49(54)62-55(65)23-14-24-59(62)67(43-29-32-46-45-17-8-10-21-53(45)66(3,4)56(46)38-43)42-30-34-58-52(37-42)51-36-40(28-33-57(51)68(58)41-15-6-5-7-16-41)39-27-31-44-47-19-12-25-60-63(47)64-48(50(44)35-39)20-13-26-61(64)69-60/h5-38H,1-4H3. The van der Waals surface area contributed by atoms with E-state index >= 15 is 0 Å². The second-order valence-corrected chi connectivity index (χ2v) is 20.4. The first kappa shape index (κ1) is 38.7. The van der Waals surface area contributed by atoms with Crippen LogP contribution in [0, 0.1) is 0 Å². The minimum Gasteiger partial charge on any atom is -0.456 e. The second-order valence-electron chi connectivity index (χ2n) is 20.4. The van der Waals surface area contributed by atoms with Crippen molar-refractivity contribution in [2.45, 2.75) is 38.5 Å². The lowest BCUT2D eigenvalue weighted by atomic mass is 9.82. The zero-order chi connectivity index (χ0) is 45.9. The number of aromatic nitrogens is 1. The molecule has 0 N–H and O–H groups in total. The quantitative estimate of drug-likeness (QED) is 0.161. The van der Waals surface area contributed by atoms with Gasteiger partial charge in [0.2, 0.25) is 0 Å². The number of nitrogens with zero attached hydrogens (tertiary/aromatic N) is 2. The Bertz CT molecular complexity index is 4310. The van der Waals surface area contributed by atoms with E-state index in [-0.39, 0.29) is 10.8 Å². The maximum absolute atomic E-state index is 6.39. The van der Waals surface area contributed by atoms with Crippen molar-refractivity contribution in [3.63, 3.8) is 0 Å². The van der Waals surface area contributed by atoms with E-state index in [9.17, 15) is 0 Å². The number of para-hydroxylation sites is 1. The van der Waals surface area contributed by atoms with Gasteiger partial charge in [-0.3, -0.25) is 0 Å². The molecule has 0 spiro atoms. The predicted molar refractivity (Wildman–Crippen MR) is 290 cm³/mol. The average molecular weight is 883 g/mol. The molecule has 2 aromatic heterocycles. The molecule has 0 fully saturated rings. The molecule has 0 atom stereocenters. The van der Waals surface area contributed by atoms with Crippen molar-refractivity contribution in [1.82, 2.24) is 4.57 Å². The van der Waals surface area contributed by atoms with Crippen molar-refractivity contribution < 1.29 is 4.42 Å². The maximum atomic E-state index is 6.39. The van der Waals surface area contributed by atoms with Crippen molar-refractivity contribution >= 4 is 82.4 Å². The molecular formula is C66H46N2O. The molecule has 0 saturated heterocycles. The molecule has 15 rings (SSSR count). The van der Waals surface area contributed by atoms with E-state index in [1.165, 1.54) is 115 Å². The predicted octanol–water partition coefficient (Wildman–Crippen LogP) is 18.2. The lowest BCUT2D eigenvalue weighted by molar-refractivity contribution is 0.660. The molecule has 0 radical (unpaired) electrons. The number of furan rings is 1. The van der Waals surface area contributed by atoms with Gasteiger partial charge in [0, 0.05) is 55.0 Å². The fourth-order valence-electron chi connectivity index (χ4n) is 12.9. The molecule has 0 bridgehead atoms. The van der Waals surface area contributed by atoms with Crippen molar-refractivity contribution in [2.75, 3.05) is 4.90 Å². The highest BCUT2D eigenvalue weighted by molar-refractivity contribution is 6.33. The summed E-state index contributed by atoms with van der Waals surface area (Å²) in [5, 5.41) is 9.79. The molecule has 2 aliphatic rings. The average Bonchev–Trinajstić information content (AvgIpc) is 4.07. The van der Waals surface area contributed by atoms with Crippen molar-refractivity contribution in [3.05, 3.63) is 229 Å². The van der Waals surface area contributed by atoms with Gasteiger partial charge in [-0.15, -0.1) is 0 Å². The Labute approximate surface area is 400 Å². The van der Waals surface area contributed by atoms with Crippen LogP contribution in [0.2, 0.25) is 0 Å². The summed E-state index contributed by atoms with van der Waals surface area (Å²) in [5.41, 5.74) is 21.6. The van der Waals surface area contributed by atoms with E-state index in [1.54, 1.807) is 0 Å². The lowest BCUT2D eigenvalue weighted by Gasteiger charge is -2.30. The second kappa shape index (κ2) is 13.6. The van der Waals surface area contributed by atoms with Crippen LogP contribution >= 0.6 is 0 Å². The highest BCUT2D eigenvalue weighted by Crippen LogP contribution is 2.56. The fourth-order valence-corrected chi connectivity index (χ4v) is 12.9. The van der Waals surface area contributed by atoms with Gasteiger partial charge in [0.15, 0.2) is 0 Å². The smallest absolute Gasteiger partial charge is 0.136 e. The van der Waals surface area contributed by atoms with Gasteiger partial charge in [-0.1, -0.05) is 155 Å². The Kier molecular flexibility index (Phi) is 7.63. The fraction of sp³-hybridized carbons (Fsp3) is 0.0909. The minimum atomic E-state index is -0.151. The Morgan fingerprint density at radius 1 is 0.377 bits per heavy atom. The summed E-state index contributed by atoms with van der Waals surface area (Å²) in [7, 11) is 0. The molecule has 11 aromatic carbocycles. The van der Waals surface area contributed by atoms with E-state index < -0.39 is 0 Å². The number of fused-ring (bicyclic) bond motifs is 12. The summed E-state index contributed by atoms with van der Waals surface area (Å²) in [6, 6.07) is 77.0. The van der Waals surface area contributed by atoms with Gasteiger partial charge in [-0.2, -0.15) is 0 Å². The van der Waals surface area contributed by atoms with Gasteiger partial charge < -0.3 is 13.9 Å². The van der Waals surface area contributed by atoms with E-state index in [4.69, 9.17) is 4.42 Å². The molecule has 2 heterocycles. The molecule has 3 heteroatoms. The molecule has 0 saturated carbocycles. The molecule has 0 unspecified atom stereocenters. The largest absolute Gasteiger partial charge is 0.456 e. The number of hydrogen-bond donors (Lipinski definition) is 0. The maximum Gasteiger partial charge on any atom is 0.136 e. The molecule has 0 amide bonds. The van der Waals surface area contributed by atoms with E-state index in [0.29, 0.717) is 0 Å². The van der Waals surface area contributed by atoms with Gasteiger partial charge >= 0.3 is 0 Å². The Morgan fingerprint density at radius 3 is 1.70 bits per heavy atom. The summed E-state index contributed by atoms with van der Waals surface area (Å²) in [6.07, 6.45) is 0. The number of hydrogen-bond acceptors (Lipinski definition) is 2. The van der Waals surface area contributed by atoms with Crippen LogP contribution in [-0.2, 0) is 10.8 Å². The monoisotopic (exact) mass is 882 g/mol. The molecule has 13 aromatic rings. The number of benzene rings is 11. The molecule has 2 aliphatic carbocycles. The first-order valence-corrected chi connectivity index (χ1v) is 24.2. The van der Waals surface area contributed by atoms with Crippen LogP contribution in [0.25, 0.3) is 104 Å². The Hall–Kier alpha value is -8.40. The highest BCUT2D eigenvalue weighted by atomic mass is 16.3. The zero-order valence-electron chi connectivity index (χ0n) is 38.9. The van der Waals surface area contributed by atoms with E-state index in [2.05, 4.69) is 243 Å². The van der Waals surface area contributed by atoms with Crippen LogP contribution in [0.4, 0.5) is 17.1 Å². The lowest BCUT2D eigenvalue weighted by Crippen LogP contribution is -2.17. The van der Waals surface area contributed by atoms with Crippen LogP contribution in [0.15, 0.2) is 211 Å². The van der Waals surface area contributed by atoms with Crippen LogP contribution in [0.3, 0.4) is 0 Å². The topological polar surface area (TPSA) is 21.3 Å². The third-order valence-electron chi connectivity index (χ3n) is 16.1. The zero-order valence-corrected chi connectivity index (χ0v) is 38.9.